The Morgan fingerprint density at radius 3 is 2.61 bits per heavy atom. The van der Waals surface area contributed by atoms with Gasteiger partial charge in [0, 0.05) is 23.5 Å². The van der Waals surface area contributed by atoms with Gasteiger partial charge in [0.25, 0.3) is 0 Å². The molecule has 5 nitrogen and oxygen atoms in total. The molecule has 0 fully saturated rings. The molecule has 3 N–H and O–H groups in total. The van der Waals surface area contributed by atoms with Crippen LogP contribution in [0.3, 0.4) is 0 Å². The molecule has 0 aromatic heterocycles. The maximum atomic E-state index is 12.9. The summed E-state index contributed by atoms with van der Waals surface area (Å²) < 4.78 is 18.0. The molecule has 2 rings (SSSR count). The van der Waals surface area contributed by atoms with Crippen molar-refractivity contribution >= 4 is 41.7 Å². The summed E-state index contributed by atoms with van der Waals surface area (Å²) in [7, 11) is 1.53. The lowest BCUT2D eigenvalue weighted by Gasteiger charge is -2.12. The Balaban J connectivity index is 0.00000392. The van der Waals surface area contributed by atoms with E-state index in [0.29, 0.717) is 23.8 Å². The van der Waals surface area contributed by atoms with Crippen LogP contribution in [-0.2, 0) is 6.54 Å². The van der Waals surface area contributed by atoms with Crippen LogP contribution in [0, 0.1) is 5.82 Å². The number of rotatable bonds is 9. The molecule has 154 valence electrons. The van der Waals surface area contributed by atoms with Crippen molar-refractivity contribution in [3.63, 3.8) is 0 Å². The van der Waals surface area contributed by atoms with E-state index in [2.05, 4.69) is 15.6 Å². The number of hydrogen-bond donors (Lipinski definition) is 3. The molecule has 2 aromatic rings. The Hall–Kier alpha value is -1.68. The second kappa shape index (κ2) is 13.5. The minimum absolute atomic E-state index is 0. The van der Waals surface area contributed by atoms with E-state index in [1.807, 2.05) is 19.1 Å². The summed E-state index contributed by atoms with van der Waals surface area (Å²) in [6, 6.07) is 11.9. The molecule has 0 bridgehead atoms. The molecule has 0 radical (unpaired) electrons. The van der Waals surface area contributed by atoms with Gasteiger partial charge in [-0.05, 0) is 49.4 Å². The highest BCUT2D eigenvalue weighted by Crippen LogP contribution is 2.29. The maximum Gasteiger partial charge on any atom is 0.191 e. The van der Waals surface area contributed by atoms with Crippen LogP contribution in [0.1, 0.15) is 18.9 Å². The molecular formula is C20H27FIN3O2S. The molecule has 8 heteroatoms. The van der Waals surface area contributed by atoms with E-state index in [9.17, 15) is 9.50 Å². The lowest BCUT2D eigenvalue weighted by atomic mass is 10.2. The molecule has 0 saturated heterocycles. The predicted molar refractivity (Wildman–Crippen MR) is 125 cm³/mol. The first kappa shape index (κ1) is 24.4. The van der Waals surface area contributed by atoms with Crippen molar-refractivity contribution in [3.05, 3.63) is 53.8 Å². The molecule has 0 heterocycles. The summed E-state index contributed by atoms with van der Waals surface area (Å²) in [6.45, 7) is 3.87. The molecule has 0 aliphatic heterocycles. The number of aromatic hydroxyl groups is 1. The first-order valence-electron chi connectivity index (χ1n) is 8.89. The number of aliphatic imine (C=N–C) groups is 1. The third-order valence-corrected chi connectivity index (χ3v) is 4.85. The second-order valence-corrected chi connectivity index (χ2v) is 6.91. The zero-order chi connectivity index (χ0) is 19.5. The first-order valence-corrected chi connectivity index (χ1v) is 9.88. The Bertz CT molecular complexity index is 745. The number of halogens is 2. The van der Waals surface area contributed by atoms with E-state index in [1.54, 1.807) is 30.0 Å². The number of thioether (sulfide) groups is 1. The van der Waals surface area contributed by atoms with Gasteiger partial charge in [-0.25, -0.2) is 9.38 Å². The van der Waals surface area contributed by atoms with Gasteiger partial charge in [0.1, 0.15) is 5.82 Å². The van der Waals surface area contributed by atoms with Gasteiger partial charge in [0.05, 0.1) is 13.7 Å². The zero-order valence-electron chi connectivity index (χ0n) is 16.1. The van der Waals surface area contributed by atoms with Gasteiger partial charge in [0.2, 0.25) is 0 Å². The highest BCUT2D eigenvalue weighted by atomic mass is 127. The van der Waals surface area contributed by atoms with Crippen molar-refractivity contribution in [2.75, 3.05) is 26.0 Å². The maximum absolute atomic E-state index is 12.9. The molecule has 0 aliphatic carbocycles. The van der Waals surface area contributed by atoms with Crippen LogP contribution in [0.5, 0.6) is 11.5 Å². The van der Waals surface area contributed by atoms with Crippen LogP contribution < -0.4 is 15.4 Å². The van der Waals surface area contributed by atoms with Gasteiger partial charge in [-0.15, -0.1) is 35.7 Å². The van der Waals surface area contributed by atoms with E-state index < -0.39 is 0 Å². The standard InChI is InChI=1S/C20H26FN3O2S.HI/c1-3-22-20(24-14-15-6-4-7-18(26-2)19(15)25)23-12-5-13-27-17-10-8-16(21)9-11-17;/h4,6-11,25H,3,5,12-14H2,1-2H3,(H2,22,23,24);1H. The highest BCUT2D eigenvalue weighted by molar-refractivity contribution is 14.0. The molecule has 0 saturated carbocycles. The largest absolute Gasteiger partial charge is 0.504 e. The van der Waals surface area contributed by atoms with Gasteiger partial charge >= 0.3 is 0 Å². The lowest BCUT2D eigenvalue weighted by molar-refractivity contribution is 0.370. The lowest BCUT2D eigenvalue weighted by Crippen LogP contribution is -2.37. The highest BCUT2D eigenvalue weighted by Gasteiger charge is 2.07. The van der Waals surface area contributed by atoms with E-state index >= 15 is 0 Å². The molecule has 2 aromatic carbocycles. The van der Waals surface area contributed by atoms with Crippen LogP contribution >= 0.6 is 35.7 Å². The summed E-state index contributed by atoms with van der Waals surface area (Å²) in [5.41, 5.74) is 0.707. The Labute approximate surface area is 187 Å². The average Bonchev–Trinajstić information content (AvgIpc) is 2.68. The van der Waals surface area contributed by atoms with E-state index in [0.717, 1.165) is 30.2 Å². The fourth-order valence-corrected chi connectivity index (χ4v) is 3.22. The quantitative estimate of drug-likeness (QED) is 0.151. The minimum Gasteiger partial charge on any atom is -0.504 e. The number of benzene rings is 2. The van der Waals surface area contributed by atoms with Crippen molar-refractivity contribution in [2.24, 2.45) is 4.99 Å². The van der Waals surface area contributed by atoms with Crippen LogP contribution in [0.15, 0.2) is 52.4 Å². The van der Waals surface area contributed by atoms with Crippen molar-refractivity contribution < 1.29 is 14.2 Å². The third-order valence-electron chi connectivity index (χ3n) is 3.75. The number of guanidine groups is 1. The average molecular weight is 519 g/mol. The summed E-state index contributed by atoms with van der Waals surface area (Å²) in [5, 5.41) is 16.6. The Morgan fingerprint density at radius 2 is 1.93 bits per heavy atom. The number of nitrogens with zero attached hydrogens (tertiary/aromatic N) is 1. The van der Waals surface area contributed by atoms with Crippen molar-refractivity contribution in [1.29, 1.82) is 0 Å². The van der Waals surface area contributed by atoms with Crippen LogP contribution in [0.4, 0.5) is 4.39 Å². The predicted octanol–water partition coefficient (Wildman–Crippen LogP) is 4.40. The molecule has 0 atom stereocenters. The molecular weight excluding hydrogens is 492 g/mol. The van der Waals surface area contributed by atoms with E-state index in [4.69, 9.17) is 4.74 Å². The number of phenols is 1. The minimum atomic E-state index is -0.213. The summed E-state index contributed by atoms with van der Waals surface area (Å²) >= 11 is 1.70. The van der Waals surface area contributed by atoms with Gasteiger partial charge < -0.3 is 20.5 Å². The van der Waals surface area contributed by atoms with Gasteiger partial charge in [-0.1, -0.05) is 12.1 Å². The molecule has 0 aliphatic rings. The number of ether oxygens (including phenoxy) is 1. The number of phenolic OH excluding ortho intramolecular Hbond substituents is 1. The zero-order valence-corrected chi connectivity index (χ0v) is 19.2. The second-order valence-electron chi connectivity index (χ2n) is 5.75. The number of methoxy groups -OCH3 is 1. The number of nitrogens with one attached hydrogen (secondary N) is 2. The summed E-state index contributed by atoms with van der Waals surface area (Å²) in [6.07, 6.45) is 0.941. The van der Waals surface area contributed by atoms with Crippen molar-refractivity contribution in [1.82, 2.24) is 10.6 Å². The molecule has 0 spiro atoms. The fourth-order valence-electron chi connectivity index (χ4n) is 2.37. The number of hydrogen-bond acceptors (Lipinski definition) is 4. The van der Waals surface area contributed by atoms with E-state index in [1.165, 1.54) is 19.2 Å². The van der Waals surface area contributed by atoms with Gasteiger partial charge in [-0.3, -0.25) is 0 Å². The normalized spacial score (nSPS) is 10.9. The summed E-state index contributed by atoms with van der Waals surface area (Å²) in [4.78, 5) is 5.58. The van der Waals surface area contributed by atoms with E-state index in [-0.39, 0.29) is 35.5 Å². The van der Waals surface area contributed by atoms with Gasteiger partial charge in [-0.2, -0.15) is 0 Å². The van der Waals surface area contributed by atoms with Gasteiger partial charge in [0.15, 0.2) is 17.5 Å². The molecule has 28 heavy (non-hydrogen) atoms. The van der Waals surface area contributed by atoms with Crippen molar-refractivity contribution in [2.45, 2.75) is 24.8 Å². The number of para-hydroxylation sites is 1. The third kappa shape index (κ3) is 8.14. The first-order chi connectivity index (χ1) is 13.1. The van der Waals surface area contributed by atoms with Crippen LogP contribution in [-0.4, -0.2) is 37.0 Å². The van der Waals surface area contributed by atoms with Crippen LogP contribution in [0.25, 0.3) is 0 Å². The van der Waals surface area contributed by atoms with Crippen molar-refractivity contribution in [3.8, 4) is 11.5 Å². The Kier molecular flexibility index (Phi) is 11.7. The monoisotopic (exact) mass is 519 g/mol. The molecule has 0 unspecified atom stereocenters. The topological polar surface area (TPSA) is 65.9 Å². The Morgan fingerprint density at radius 1 is 1.18 bits per heavy atom. The molecule has 0 amide bonds. The van der Waals surface area contributed by atoms with Crippen LogP contribution in [0.2, 0.25) is 0 Å². The summed E-state index contributed by atoms with van der Waals surface area (Å²) in [5.74, 6) is 1.98. The smallest absolute Gasteiger partial charge is 0.191 e. The fraction of sp³-hybridized carbons (Fsp3) is 0.350. The SMILES string of the molecule is CCNC(=NCc1cccc(OC)c1O)NCCCSc1ccc(F)cc1.I.